The van der Waals surface area contributed by atoms with Crippen LogP contribution in [0.25, 0.3) is 0 Å². The van der Waals surface area contributed by atoms with Crippen LogP contribution in [-0.4, -0.2) is 17.9 Å². The Kier molecular flexibility index (Phi) is 4.66. The Labute approximate surface area is 126 Å². The van der Waals surface area contributed by atoms with Crippen LogP contribution in [0.5, 0.6) is 0 Å². The number of carbonyl (C=O) groups is 2. The van der Waals surface area contributed by atoms with E-state index >= 15 is 0 Å². The predicted molar refractivity (Wildman–Crippen MR) is 84.6 cm³/mol. The standard InChI is InChI=1S/C17H24N2O2/c1-10(2)7-13(8-11(3)4)18-12-5-6-14-15(9-12)17(21)19-16(14)20/h5-6,9-11,13,18H,7-8H2,1-4H3,(H,19,20,21). The first kappa shape index (κ1) is 15.5. The molecule has 0 spiro atoms. The molecule has 0 saturated carbocycles. The molecule has 21 heavy (non-hydrogen) atoms. The summed E-state index contributed by atoms with van der Waals surface area (Å²) >= 11 is 0. The van der Waals surface area contributed by atoms with E-state index in [0.29, 0.717) is 29.0 Å². The fourth-order valence-electron chi connectivity index (χ4n) is 2.85. The van der Waals surface area contributed by atoms with Crippen LogP contribution in [0.4, 0.5) is 5.69 Å². The van der Waals surface area contributed by atoms with E-state index in [-0.39, 0.29) is 11.8 Å². The molecule has 2 rings (SSSR count). The van der Waals surface area contributed by atoms with Gasteiger partial charge >= 0.3 is 0 Å². The highest BCUT2D eigenvalue weighted by Gasteiger charge is 2.26. The van der Waals surface area contributed by atoms with Crippen molar-refractivity contribution < 1.29 is 9.59 Å². The molecule has 0 atom stereocenters. The largest absolute Gasteiger partial charge is 0.382 e. The molecular weight excluding hydrogens is 264 g/mol. The maximum atomic E-state index is 11.7. The second-order valence-corrected chi connectivity index (χ2v) is 6.64. The normalized spacial score (nSPS) is 14.0. The van der Waals surface area contributed by atoms with Gasteiger partial charge in [-0.3, -0.25) is 14.9 Å². The molecule has 0 fully saturated rings. The van der Waals surface area contributed by atoms with Crippen molar-refractivity contribution in [3.05, 3.63) is 29.3 Å². The zero-order valence-corrected chi connectivity index (χ0v) is 13.2. The highest BCUT2D eigenvalue weighted by atomic mass is 16.2. The van der Waals surface area contributed by atoms with E-state index < -0.39 is 0 Å². The predicted octanol–water partition coefficient (Wildman–Crippen LogP) is 3.44. The highest BCUT2D eigenvalue weighted by Crippen LogP contribution is 2.23. The Hall–Kier alpha value is -1.84. The molecular formula is C17H24N2O2. The van der Waals surface area contributed by atoms with Gasteiger partial charge in [-0.15, -0.1) is 0 Å². The van der Waals surface area contributed by atoms with E-state index in [2.05, 4.69) is 38.3 Å². The van der Waals surface area contributed by atoms with Crippen molar-refractivity contribution >= 4 is 17.5 Å². The fraction of sp³-hybridized carbons (Fsp3) is 0.529. The number of hydrogen-bond donors (Lipinski definition) is 2. The summed E-state index contributed by atoms with van der Waals surface area (Å²) in [5, 5.41) is 5.84. The van der Waals surface area contributed by atoms with Crippen LogP contribution in [0.2, 0.25) is 0 Å². The Morgan fingerprint density at radius 3 is 2.10 bits per heavy atom. The van der Waals surface area contributed by atoms with Gasteiger partial charge in [0.05, 0.1) is 11.1 Å². The molecule has 1 aromatic rings. The first-order valence-corrected chi connectivity index (χ1v) is 7.63. The topological polar surface area (TPSA) is 58.2 Å². The Morgan fingerprint density at radius 1 is 0.952 bits per heavy atom. The molecule has 0 aromatic heterocycles. The van der Waals surface area contributed by atoms with Crippen LogP contribution in [0.15, 0.2) is 18.2 Å². The number of benzene rings is 1. The third kappa shape index (κ3) is 3.84. The molecule has 1 aliphatic heterocycles. The average molecular weight is 288 g/mol. The van der Waals surface area contributed by atoms with Gasteiger partial charge in [0, 0.05) is 11.7 Å². The van der Waals surface area contributed by atoms with Crippen molar-refractivity contribution in [2.24, 2.45) is 11.8 Å². The summed E-state index contributed by atoms with van der Waals surface area (Å²) in [6.07, 6.45) is 2.17. The second kappa shape index (κ2) is 6.29. The summed E-state index contributed by atoms with van der Waals surface area (Å²) < 4.78 is 0. The molecule has 1 aliphatic rings. The van der Waals surface area contributed by atoms with Crippen molar-refractivity contribution in [3.63, 3.8) is 0 Å². The third-order valence-electron chi connectivity index (χ3n) is 3.62. The molecule has 4 heteroatoms. The SMILES string of the molecule is CC(C)CC(CC(C)C)Nc1ccc2c(c1)C(=O)NC2=O. The van der Waals surface area contributed by atoms with Gasteiger partial charge in [-0.05, 0) is 42.9 Å². The van der Waals surface area contributed by atoms with Crippen LogP contribution >= 0.6 is 0 Å². The molecule has 1 aromatic carbocycles. The van der Waals surface area contributed by atoms with Gasteiger partial charge in [0.15, 0.2) is 0 Å². The Bertz CT molecular complexity index is 540. The summed E-state index contributed by atoms with van der Waals surface area (Å²) in [5.41, 5.74) is 1.84. The number of carbonyl (C=O) groups excluding carboxylic acids is 2. The molecule has 0 saturated heterocycles. The van der Waals surface area contributed by atoms with Gasteiger partial charge in [-0.25, -0.2) is 0 Å². The van der Waals surface area contributed by atoms with Gasteiger partial charge in [0.25, 0.3) is 11.8 Å². The van der Waals surface area contributed by atoms with Gasteiger partial charge in [-0.2, -0.15) is 0 Å². The summed E-state index contributed by atoms with van der Waals surface area (Å²) in [6, 6.07) is 5.76. The molecule has 0 radical (unpaired) electrons. The number of hydrogen-bond acceptors (Lipinski definition) is 3. The van der Waals surface area contributed by atoms with Crippen molar-refractivity contribution in [2.75, 3.05) is 5.32 Å². The van der Waals surface area contributed by atoms with E-state index in [0.717, 1.165) is 18.5 Å². The average Bonchev–Trinajstić information content (AvgIpc) is 2.63. The minimum absolute atomic E-state index is 0.303. The molecule has 2 N–H and O–H groups in total. The van der Waals surface area contributed by atoms with E-state index in [1.54, 1.807) is 12.1 Å². The van der Waals surface area contributed by atoms with Gasteiger partial charge < -0.3 is 5.32 Å². The highest BCUT2D eigenvalue weighted by molar-refractivity contribution is 6.21. The number of nitrogens with one attached hydrogen (secondary N) is 2. The molecule has 114 valence electrons. The van der Waals surface area contributed by atoms with Gasteiger partial charge in [0.1, 0.15) is 0 Å². The van der Waals surface area contributed by atoms with Crippen LogP contribution in [0.3, 0.4) is 0 Å². The van der Waals surface area contributed by atoms with Crippen LogP contribution < -0.4 is 10.6 Å². The van der Waals surface area contributed by atoms with Crippen molar-refractivity contribution in [1.29, 1.82) is 0 Å². The monoisotopic (exact) mass is 288 g/mol. The first-order valence-electron chi connectivity index (χ1n) is 7.63. The maximum Gasteiger partial charge on any atom is 0.259 e. The number of anilines is 1. The second-order valence-electron chi connectivity index (χ2n) is 6.64. The zero-order valence-electron chi connectivity index (χ0n) is 13.2. The van der Waals surface area contributed by atoms with E-state index in [9.17, 15) is 9.59 Å². The minimum Gasteiger partial charge on any atom is -0.382 e. The van der Waals surface area contributed by atoms with Crippen molar-refractivity contribution in [2.45, 2.75) is 46.6 Å². The molecule has 4 nitrogen and oxygen atoms in total. The summed E-state index contributed by atoms with van der Waals surface area (Å²) in [6.45, 7) is 8.85. The fourth-order valence-corrected chi connectivity index (χ4v) is 2.85. The van der Waals surface area contributed by atoms with Gasteiger partial charge in [0.2, 0.25) is 0 Å². The van der Waals surface area contributed by atoms with E-state index in [1.807, 2.05) is 6.07 Å². The lowest BCUT2D eigenvalue weighted by molar-refractivity contribution is 0.0879. The minimum atomic E-state index is -0.303. The molecule has 0 aliphatic carbocycles. The van der Waals surface area contributed by atoms with Crippen LogP contribution in [-0.2, 0) is 0 Å². The quantitative estimate of drug-likeness (QED) is 0.788. The lowest BCUT2D eigenvalue weighted by Crippen LogP contribution is -2.23. The molecule has 0 bridgehead atoms. The van der Waals surface area contributed by atoms with Crippen molar-refractivity contribution in [3.8, 4) is 0 Å². The lowest BCUT2D eigenvalue weighted by atomic mass is 9.95. The van der Waals surface area contributed by atoms with E-state index in [4.69, 9.17) is 0 Å². The summed E-state index contributed by atoms with van der Waals surface area (Å²) in [5.74, 6) is 0.617. The summed E-state index contributed by atoms with van der Waals surface area (Å²) in [7, 11) is 0. The van der Waals surface area contributed by atoms with Crippen LogP contribution in [0, 0.1) is 11.8 Å². The first-order chi connectivity index (χ1) is 9.86. The van der Waals surface area contributed by atoms with Gasteiger partial charge in [-0.1, -0.05) is 27.7 Å². The van der Waals surface area contributed by atoms with E-state index in [1.165, 1.54) is 0 Å². The molecule has 0 unspecified atom stereocenters. The lowest BCUT2D eigenvalue weighted by Gasteiger charge is -2.23. The number of rotatable bonds is 6. The zero-order chi connectivity index (χ0) is 15.6. The molecule has 2 amide bonds. The number of amides is 2. The number of fused-ring (bicyclic) bond motifs is 1. The molecule has 1 heterocycles. The number of imide groups is 1. The maximum absolute atomic E-state index is 11.7. The third-order valence-corrected chi connectivity index (χ3v) is 3.62. The Balaban J connectivity index is 2.16. The summed E-state index contributed by atoms with van der Waals surface area (Å²) in [4.78, 5) is 23.3. The van der Waals surface area contributed by atoms with Crippen LogP contribution in [0.1, 0.15) is 61.3 Å². The van der Waals surface area contributed by atoms with Crippen molar-refractivity contribution in [1.82, 2.24) is 5.32 Å². The smallest absolute Gasteiger partial charge is 0.259 e. The Morgan fingerprint density at radius 2 is 1.52 bits per heavy atom.